The van der Waals surface area contributed by atoms with Crippen LogP contribution in [-0.2, 0) is 0 Å². The van der Waals surface area contributed by atoms with Crippen LogP contribution < -0.4 is 0 Å². The summed E-state index contributed by atoms with van der Waals surface area (Å²) in [6.45, 7) is 10.1. The summed E-state index contributed by atoms with van der Waals surface area (Å²) < 4.78 is 0. The Morgan fingerprint density at radius 1 is 1.00 bits per heavy atom. The highest BCUT2D eigenvalue weighted by Gasteiger charge is 2.36. The molecule has 0 aromatic heterocycles. The van der Waals surface area contributed by atoms with Gasteiger partial charge in [0.25, 0.3) is 0 Å². The molecule has 15 heavy (non-hydrogen) atoms. The van der Waals surface area contributed by atoms with Crippen molar-refractivity contribution in [3.63, 3.8) is 0 Å². The van der Waals surface area contributed by atoms with Crippen LogP contribution in [0.1, 0.15) is 26.7 Å². The van der Waals surface area contributed by atoms with Crippen LogP contribution in [-0.4, -0.2) is 50.1 Å². The van der Waals surface area contributed by atoms with Crippen molar-refractivity contribution in [2.75, 3.05) is 40.3 Å². The second kappa shape index (κ2) is 4.06. The first-order valence-electron chi connectivity index (χ1n) is 6.33. The van der Waals surface area contributed by atoms with Crippen molar-refractivity contribution < 1.29 is 0 Å². The molecule has 88 valence electrons. The third-order valence-corrected chi connectivity index (χ3v) is 4.15. The number of piperidine rings is 1. The van der Waals surface area contributed by atoms with Gasteiger partial charge >= 0.3 is 0 Å². The van der Waals surface area contributed by atoms with Gasteiger partial charge in [0.2, 0.25) is 0 Å². The highest BCUT2D eigenvalue weighted by atomic mass is 15.1. The van der Waals surface area contributed by atoms with Gasteiger partial charge in [-0.05, 0) is 50.7 Å². The average molecular weight is 210 g/mol. The summed E-state index contributed by atoms with van der Waals surface area (Å²) in [6.07, 6.45) is 2.81. The predicted molar refractivity (Wildman–Crippen MR) is 65.0 cm³/mol. The zero-order valence-corrected chi connectivity index (χ0v) is 10.8. The third kappa shape index (κ3) is 2.73. The Labute approximate surface area is 94.6 Å². The Hall–Kier alpha value is -0.0800. The topological polar surface area (TPSA) is 6.48 Å². The minimum atomic E-state index is 0.506. The molecule has 0 aliphatic carbocycles. The van der Waals surface area contributed by atoms with Crippen molar-refractivity contribution in [3.05, 3.63) is 0 Å². The zero-order valence-electron chi connectivity index (χ0n) is 10.8. The van der Waals surface area contributed by atoms with Crippen molar-refractivity contribution in [2.45, 2.75) is 26.7 Å². The lowest BCUT2D eigenvalue weighted by molar-refractivity contribution is 0.119. The molecule has 2 heteroatoms. The van der Waals surface area contributed by atoms with E-state index in [0.717, 1.165) is 11.8 Å². The van der Waals surface area contributed by atoms with Gasteiger partial charge in [-0.2, -0.15) is 0 Å². The summed E-state index contributed by atoms with van der Waals surface area (Å²) in [7, 11) is 4.57. The van der Waals surface area contributed by atoms with Crippen molar-refractivity contribution >= 4 is 0 Å². The summed E-state index contributed by atoms with van der Waals surface area (Å²) in [4.78, 5) is 5.07. The van der Waals surface area contributed by atoms with E-state index in [1.165, 1.54) is 39.0 Å². The summed E-state index contributed by atoms with van der Waals surface area (Å²) in [6, 6.07) is 0. The SMILES string of the molecule is CN1CCC2CN(C)CC(C)(C)CC2C1. The Bertz CT molecular complexity index is 225. The largest absolute Gasteiger partial charge is 0.306 e. The first-order chi connectivity index (χ1) is 6.96. The molecule has 2 rings (SSSR count). The van der Waals surface area contributed by atoms with Gasteiger partial charge in [-0.15, -0.1) is 0 Å². The van der Waals surface area contributed by atoms with E-state index in [2.05, 4.69) is 37.7 Å². The molecule has 2 heterocycles. The van der Waals surface area contributed by atoms with Gasteiger partial charge in [0.15, 0.2) is 0 Å². The fraction of sp³-hybridized carbons (Fsp3) is 1.00. The van der Waals surface area contributed by atoms with Gasteiger partial charge in [-0.1, -0.05) is 13.8 Å². The lowest BCUT2D eigenvalue weighted by Gasteiger charge is -2.37. The summed E-state index contributed by atoms with van der Waals surface area (Å²) in [5.41, 5.74) is 0.506. The molecule has 0 N–H and O–H groups in total. The lowest BCUT2D eigenvalue weighted by Crippen LogP contribution is -2.40. The summed E-state index contributed by atoms with van der Waals surface area (Å²) in [5.74, 6) is 1.89. The van der Waals surface area contributed by atoms with Crippen LogP contribution in [0.3, 0.4) is 0 Å². The standard InChI is InChI=1S/C13H26N2/c1-13(2)7-12-9-14(3)6-5-11(12)8-15(4)10-13/h11-12H,5-10H2,1-4H3. The van der Waals surface area contributed by atoms with E-state index in [1.807, 2.05) is 0 Å². The highest BCUT2D eigenvalue weighted by molar-refractivity contribution is 4.89. The van der Waals surface area contributed by atoms with Crippen molar-refractivity contribution in [1.29, 1.82) is 0 Å². The van der Waals surface area contributed by atoms with E-state index in [0.29, 0.717) is 5.41 Å². The molecule has 2 aliphatic heterocycles. The Morgan fingerprint density at radius 3 is 2.40 bits per heavy atom. The molecule has 0 spiro atoms. The highest BCUT2D eigenvalue weighted by Crippen LogP contribution is 2.37. The molecule has 2 fully saturated rings. The van der Waals surface area contributed by atoms with E-state index >= 15 is 0 Å². The molecule has 2 atom stereocenters. The van der Waals surface area contributed by atoms with Crippen LogP contribution in [0.2, 0.25) is 0 Å². The summed E-state index contributed by atoms with van der Waals surface area (Å²) >= 11 is 0. The monoisotopic (exact) mass is 210 g/mol. The maximum Gasteiger partial charge on any atom is 0.00299 e. The minimum Gasteiger partial charge on any atom is -0.306 e. The molecule has 2 saturated heterocycles. The van der Waals surface area contributed by atoms with E-state index in [4.69, 9.17) is 0 Å². The molecule has 0 amide bonds. The van der Waals surface area contributed by atoms with Crippen molar-refractivity contribution in [2.24, 2.45) is 17.3 Å². The quantitative estimate of drug-likeness (QED) is 0.603. The number of nitrogens with zero attached hydrogens (tertiary/aromatic N) is 2. The second-order valence-electron chi connectivity index (χ2n) is 6.64. The van der Waals surface area contributed by atoms with Crippen LogP contribution in [0.15, 0.2) is 0 Å². The number of rotatable bonds is 0. The fourth-order valence-electron chi connectivity index (χ4n) is 3.70. The molecule has 0 saturated carbocycles. The molecule has 0 bridgehead atoms. The van der Waals surface area contributed by atoms with Crippen LogP contribution in [0.25, 0.3) is 0 Å². The smallest absolute Gasteiger partial charge is 0.00299 e. The molecule has 0 radical (unpaired) electrons. The second-order valence-corrected chi connectivity index (χ2v) is 6.64. The first kappa shape index (κ1) is 11.4. The molecular formula is C13H26N2. The molecule has 2 nitrogen and oxygen atoms in total. The molecule has 0 aromatic carbocycles. The number of hydrogen-bond donors (Lipinski definition) is 0. The average Bonchev–Trinajstić information content (AvgIpc) is 2.17. The zero-order chi connectivity index (χ0) is 11.1. The van der Waals surface area contributed by atoms with Crippen LogP contribution in [0.4, 0.5) is 0 Å². The molecule has 2 aliphatic rings. The Kier molecular flexibility index (Phi) is 3.09. The van der Waals surface area contributed by atoms with Gasteiger partial charge in [-0.3, -0.25) is 0 Å². The normalized spacial score (nSPS) is 38.4. The van der Waals surface area contributed by atoms with Gasteiger partial charge in [0.1, 0.15) is 0 Å². The Balaban J connectivity index is 2.09. The molecule has 2 unspecified atom stereocenters. The third-order valence-electron chi connectivity index (χ3n) is 4.15. The first-order valence-corrected chi connectivity index (χ1v) is 6.33. The summed E-state index contributed by atoms with van der Waals surface area (Å²) in [5, 5.41) is 0. The maximum atomic E-state index is 2.55. The number of hydrogen-bond acceptors (Lipinski definition) is 2. The van der Waals surface area contributed by atoms with E-state index in [1.54, 1.807) is 0 Å². The maximum absolute atomic E-state index is 2.55. The van der Waals surface area contributed by atoms with Crippen molar-refractivity contribution in [1.82, 2.24) is 9.80 Å². The number of likely N-dealkylation sites (tertiary alicyclic amines) is 2. The minimum absolute atomic E-state index is 0.506. The van der Waals surface area contributed by atoms with Gasteiger partial charge in [-0.25, -0.2) is 0 Å². The van der Waals surface area contributed by atoms with Gasteiger partial charge in [0.05, 0.1) is 0 Å². The lowest BCUT2D eigenvalue weighted by atomic mass is 9.76. The fourth-order valence-corrected chi connectivity index (χ4v) is 3.70. The predicted octanol–water partition coefficient (Wildman–Crippen LogP) is 1.92. The van der Waals surface area contributed by atoms with E-state index in [9.17, 15) is 0 Å². The van der Waals surface area contributed by atoms with Gasteiger partial charge < -0.3 is 9.80 Å². The van der Waals surface area contributed by atoms with Crippen LogP contribution in [0, 0.1) is 17.3 Å². The van der Waals surface area contributed by atoms with Crippen LogP contribution >= 0.6 is 0 Å². The van der Waals surface area contributed by atoms with E-state index < -0.39 is 0 Å². The number of fused-ring (bicyclic) bond motifs is 1. The molecule has 0 aromatic rings. The van der Waals surface area contributed by atoms with E-state index in [-0.39, 0.29) is 0 Å². The Morgan fingerprint density at radius 2 is 1.67 bits per heavy atom. The molecular weight excluding hydrogens is 184 g/mol. The van der Waals surface area contributed by atoms with Crippen molar-refractivity contribution in [3.8, 4) is 0 Å². The van der Waals surface area contributed by atoms with Gasteiger partial charge in [0, 0.05) is 19.6 Å². The van der Waals surface area contributed by atoms with Crippen LogP contribution in [0.5, 0.6) is 0 Å².